The maximum Gasteiger partial charge on any atom is 0.322 e. The number of nitrogens with two attached hydrogens (primary N) is 1. The molecule has 5 N–H and O–H groups in total. The maximum absolute atomic E-state index is 12.3. The van der Waals surface area contributed by atoms with Crippen molar-refractivity contribution in [2.75, 3.05) is 13.1 Å². The first-order valence-corrected chi connectivity index (χ1v) is 7.18. The lowest BCUT2D eigenvalue weighted by Gasteiger charge is -2.46. The smallest absolute Gasteiger partial charge is 0.322 e. The van der Waals surface area contributed by atoms with Crippen molar-refractivity contribution in [3.8, 4) is 0 Å². The molecule has 1 fully saturated rings. The molecule has 0 aliphatic heterocycles. The summed E-state index contributed by atoms with van der Waals surface area (Å²) in [7, 11) is 0. The summed E-state index contributed by atoms with van der Waals surface area (Å²) in [4.78, 5) is 34.0. The topological polar surface area (TPSA) is 122 Å². The molecule has 3 unspecified atom stereocenters. The van der Waals surface area contributed by atoms with E-state index in [9.17, 15) is 14.4 Å². The predicted octanol–water partition coefficient (Wildman–Crippen LogP) is -0.297. The normalized spacial score (nSPS) is 27.7. The molecule has 1 saturated carbocycles. The molecule has 0 heterocycles. The minimum Gasteiger partial charge on any atom is -0.480 e. The van der Waals surface area contributed by atoms with Gasteiger partial charge in [0.25, 0.3) is 0 Å². The average molecular weight is 299 g/mol. The lowest BCUT2D eigenvalue weighted by molar-refractivity contribution is -0.138. The molecule has 1 aliphatic rings. The van der Waals surface area contributed by atoms with Crippen LogP contribution in [0.1, 0.15) is 33.6 Å². The fourth-order valence-electron chi connectivity index (χ4n) is 2.85. The second kappa shape index (κ2) is 6.89. The van der Waals surface area contributed by atoms with Crippen LogP contribution in [-0.2, 0) is 14.4 Å². The van der Waals surface area contributed by atoms with Gasteiger partial charge in [-0.15, -0.1) is 0 Å². The summed E-state index contributed by atoms with van der Waals surface area (Å²) in [6.45, 7) is 5.43. The van der Waals surface area contributed by atoms with E-state index in [1.165, 1.54) is 0 Å². The quantitative estimate of drug-likeness (QED) is 0.555. The molecule has 1 aliphatic carbocycles. The maximum atomic E-state index is 12.3. The van der Waals surface area contributed by atoms with Crippen LogP contribution < -0.4 is 16.4 Å². The van der Waals surface area contributed by atoms with Gasteiger partial charge in [-0.05, 0) is 24.2 Å². The highest BCUT2D eigenvalue weighted by Crippen LogP contribution is 2.44. The first kappa shape index (κ1) is 17.4. The van der Waals surface area contributed by atoms with Gasteiger partial charge in [0, 0.05) is 12.0 Å². The molecule has 3 atom stereocenters. The second-order valence-electron chi connectivity index (χ2n) is 6.29. The molecule has 7 heteroatoms. The number of nitrogens with one attached hydrogen (secondary N) is 2. The van der Waals surface area contributed by atoms with E-state index in [1.807, 2.05) is 20.8 Å². The van der Waals surface area contributed by atoms with Crippen molar-refractivity contribution in [1.82, 2.24) is 10.6 Å². The summed E-state index contributed by atoms with van der Waals surface area (Å²) < 4.78 is 0. The first-order valence-electron chi connectivity index (χ1n) is 7.18. The SMILES string of the molecule is CC1C(N)CCC(C(=O)NCC(=O)NCC(=O)O)C1(C)C. The molecule has 7 nitrogen and oxygen atoms in total. The number of hydrogen-bond donors (Lipinski definition) is 4. The van der Waals surface area contributed by atoms with E-state index >= 15 is 0 Å². The second-order valence-corrected chi connectivity index (χ2v) is 6.29. The Morgan fingerprint density at radius 1 is 1.19 bits per heavy atom. The molecule has 0 bridgehead atoms. The Hall–Kier alpha value is -1.63. The number of carboxylic acid groups (broad SMARTS) is 1. The molecule has 2 amide bonds. The van der Waals surface area contributed by atoms with Crippen LogP contribution in [0.4, 0.5) is 0 Å². The number of amides is 2. The molecule has 21 heavy (non-hydrogen) atoms. The monoisotopic (exact) mass is 299 g/mol. The Morgan fingerprint density at radius 2 is 1.81 bits per heavy atom. The summed E-state index contributed by atoms with van der Waals surface area (Å²) in [6.07, 6.45) is 1.48. The Bertz CT molecular complexity index is 422. The third-order valence-electron chi connectivity index (χ3n) is 4.68. The summed E-state index contributed by atoms with van der Waals surface area (Å²) >= 11 is 0. The van der Waals surface area contributed by atoms with Crippen LogP contribution in [0, 0.1) is 17.3 Å². The van der Waals surface area contributed by atoms with Gasteiger partial charge in [0.2, 0.25) is 11.8 Å². The summed E-state index contributed by atoms with van der Waals surface area (Å²) in [5.74, 6) is -1.79. The predicted molar refractivity (Wildman–Crippen MR) is 77.3 cm³/mol. The van der Waals surface area contributed by atoms with Crippen LogP contribution in [-0.4, -0.2) is 42.0 Å². The minimum absolute atomic E-state index is 0.0860. The van der Waals surface area contributed by atoms with Crippen molar-refractivity contribution < 1.29 is 19.5 Å². The van der Waals surface area contributed by atoms with Gasteiger partial charge in [0.05, 0.1) is 6.54 Å². The van der Waals surface area contributed by atoms with E-state index in [-0.39, 0.29) is 35.7 Å². The third-order valence-corrected chi connectivity index (χ3v) is 4.68. The van der Waals surface area contributed by atoms with Gasteiger partial charge in [0.1, 0.15) is 6.54 Å². The summed E-state index contributed by atoms with van der Waals surface area (Å²) in [5, 5.41) is 13.2. The summed E-state index contributed by atoms with van der Waals surface area (Å²) in [5.41, 5.74) is 5.82. The van der Waals surface area contributed by atoms with Gasteiger partial charge >= 0.3 is 5.97 Å². The van der Waals surface area contributed by atoms with Gasteiger partial charge in [-0.2, -0.15) is 0 Å². The molecule has 120 valence electrons. The Labute approximate surface area is 124 Å². The number of rotatable bonds is 5. The van der Waals surface area contributed by atoms with E-state index in [4.69, 9.17) is 10.8 Å². The molecule has 1 rings (SSSR count). The van der Waals surface area contributed by atoms with Crippen LogP contribution in [0.5, 0.6) is 0 Å². The van der Waals surface area contributed by atoms with Crippen LogP contribution in [0.25, 0.3) is 0 Å². The van der Waals surface area contributed by atoms with Gasteiger partial charge in [0.15, 0.2) is 0 Å². The fourth-order valence-corrected chi connectivity index (χ4v) is 2.85. The van der Waals surface area contributed by atoms with Gasteiger partial charge in [-0.3, -0.25) is 14.4 Å². The molecular formula is C14H25N3O4. The number of carbonyl (C=O) groups is 3. The number of carbonyl (C=O) groups excluding carboxylic acids is 2. The summed E-state index contributed by atoms with van der Waals surface area (Å²) in [6, 6.07) is 0.0860. The van der Waals surface area contributed by atoms with Crippen LogP contribution in [0.2, 0.25) is 0 Å². The van der Waals surface area contributed by atoms with Crippen molar-refractivity contribution in [2.45, 2.75) is 39.7 Å². The van der Waals surface area contributed by atoms with Crippen LogP contribution in [0.15, 0.2) is 0 Å². The van der Waals surface area contributed by atoms with E-state index < -0.39 is 18.4 Å². The van der Waals surface area contributed by atoms with Crippen LogP contribution in [0.3, 0.4) is 0 Å². The number of carboxylic acids is 1. The Balaban J connectivity index is 2.52. The largest absolute Gasteiger partial charge is 0.480 e. The number of aliphatic carboxylic acids is 1. The lowest BCUT2D eigenvalue weighted by Crippen LogP contribution is -2.52. The van der Waals surface area contributed by atoms with Crippen molar-refractivity contribution in [3.63, 3.8) is 0 Å². The highest BCUT2D eigenvalue weighted by molar-refractivity contribution is 5.87. The highest BCUT2D eigenvalue weighted by atomic mass is 16.4. The Morgan fingerprint density at radius 3 is 2.38 bits per heavy atom. The van der Waals surface area contributed by atoms with Crippen molar-refractivity contribution in [2.24, 2.45) is 23.0 Å². The zero-order chi connectivity index (χ0) is 16.2. The molecule has 0 aromatic heterocycles. The fraction of sp³-hybridized carbons (Fsp3) is 0.786. The van der Waals surface area contributed by atoms with Gasteiger partial charge < -0.3 is 21.5 Å². The molecule has 0 radical (unpaired) electrons. The van der Waals surface area contributed by atoms with Gasteiger partial charge in [-0.1, -0.05) is 20.8 Å². The Kier molecular flexibility index (Phi) is 5.71. The van der Waals surface area contributed by atoms with E-state index in [0.29, 0.717) is 6.42 Å². The van der Waals surface area contributed by atoms with E-state index in [0.717, 1.165) is 6.42 Å². The van der Waals surface area contributed by atoms with Crippen molar-refractivity contribution in [1.29, 1.82) is 0 Å². The average Bonchev–Trinajstić information content (AvgIpc) is 2.40. The number of hydrogen-bond acceptors (Lipinski definition) is 4. The molecule has 0 spiro atoms. The molecular weight excluding hydrogens is 274 g/mol. The zero-order valence-electron chi connectivity index (χ0n) is 12.8. The first-order chi connectivity index (χ1) is 9.66. The third kappa shape index (κ3) is 4.42. The zero-order valence-corrected chi connectivity index (χ0v) is 12.8. The van der Waals surface area contributed by atoms with Crippen LogP contribution >= 0.6 is 0 Å². The van der Waals surface area contributed by atoms with Crippen molar-refractivity contribution >= 4 is 17.8 Å². The highest BCUT2D eigenvalue weighted by Gasteiger charge is 2.44. The molecule has 0 saturated heterocycles. The lowest BCUT2D eigenvalue weighted by atomic mass is 9.61. The minimum atomic E-state index is -1.12. The standard InChI is InChI=1S/C14H25N3O4/c1-8-10(15)5-4-9(14(8,2)3)13(21)17-6-11(18)16-7-12(19)20/h8-10H,4-7,15H2,1-3H3,(H,16,18)(H,17,21)(H,19,20). The molecule has 0 aromatic carbocycles. The molecule has 0 aromatic rings. The van der Waals surface area contributed by atoms with Crippen molar-refractivity contribution in [3.05, 3.63) is 0 Å². The van der Waals surface area contributed by atoms with Gasteiger partial charge in [-0.25, -0.2) is 0 Å². The van der Waals surface area contributed by atoms with E-state index in [1.54, 1.807) is 0 Å². The van der Waals surface area contributed by atoms with E-state index in [2.05, 4.69) is 10.6 Å².